The Balaban J connectivity index is 1.47. The van der Waals surface area contributed by atoms with Crippen molar-refractivity contribution in [3.63, 3.8) is 0 Å². The van der Waals surface area contributed by atoms with E-state index >= 15 is 0 Å². The van der Waals surface area contributed by atoms with Crippen molar-refractivity contribution in [3.05, 3.63) is 140 Å². The number of hydrogen-bond donors (Lipinski definition) is 0. The predicted molar refractivity (Wildman–Crippen MR) is 184 cm³/mol. The van der Waals surface area contributed by atoms with E-state index in [1.165, 1.54) is 0 Å². The number of rotatable bonds is 7. The smallest absolute Gasteiger partial charge is 0.166 e. The van der Waals surface area contributed by atoms with Gasteiger partial charge in [0.2, 0.25) is 0 Å². The molecule has 0 radical (unpaired) electrons. The van der Waals surface area contributed by atoms with E-state index < -0.39 is 0 Å². The molecule has 0 N–H and O–H groups in total. The Labute approximate surface area is 260 Å². The highest BCUT2D eigenvalue weighted by atomic mass is 15.2. The summed E-state index contributed by atoms with van der Waals surface area (Å²) in [4.78, 5) is 8.85. The Hall–Kier alpha value is -5.88. The third kappa shape index (κ3) is 4.59. The van der Waals surface area contributed by atoms with E-state index in [9.17, 15) is 0 Å². The second-order valence-corrected chi connectivity index (χ2v) is 11.1. The van der Waals surface area contributed by atoms with Crippen LogP contribution in [-0.2, 0) is 6.54 Å². The molecule has 45 heavy (non-hydrogen) atoms. The topological polar surface area (TPSA) is 61.4 Å². The lowest BCUT2D eigenvalue weighted by Gasteiger charge is -2.14. The Kier molecular flexibility index (Phi) is 6.72. The van der Waals surface area contributed by atoms with Crippen LogP contribution >= 0.6 is 0 Å². The fraction of sp³-hybridized carbons (Fsp3) is 0.0769. The van der Waals surface area contributed by atoms with Crippen LogP contribution in [-0.4, -0.2) is 29.3 Å². The van der Waals surface area contributed by atoms with Gasteiger partial charge in [-0.15, -0.1) is 10.2 Å². The molecule has 0 atom stereocenters. The average molecular weight is 583 g/mol. The number of pyridine rings is 2. The molecule has 0 fully saturated rings. The summed E-state index contributed by atoms with van der Waals surface area (Å²) in [7, 11) is 0. The predicted octanol–water partition coefficient (Wildman–Crippen LogP) is 9.33. The van der Waals surface area contributed by atoms with Crippen molar-refractivity contribution >= 4 is 43.9 Å². The molecule has 5 heterocycles. The van der Waals surface area contributed by atoms with Gasteiger partial charge in [-0.25, -0.2) is 0 Å². The second kappa shape index (κ2) is 11.3. The lowest BCUT2D eigenvalue weighted by molar-refractivity contribution is 0.870. The van der Waals surface area contributed by atoms with Crippen molar-refractivity contribution in [2.45, 2.75) is 19.9 Å². The van der Waals surface area contributed by atoms with Crippen molar-refractivity contribution in [1.29, 1.82) is 0 Å². The van der Waals surface area contributed by atoms with Crippen molar-refractivity contribution < 1.29 is 0 Å². The van der Waals surface area contributed by atoms with Gasteiger partial charge < -0.3 is 9.13 Å². The minimum atomic E-state index is 0.695. The molecule has 6 nitrogen and oxygen atoms in total. The summed E-state index contributed by atoms with van der Waals surface area (Å²) in [6.45, 7) is 2.84. The molecule has 216 valence electrons. The van der Waals surface area contributed by atoms with Gasteiger partial charge in [0.25, 0.3) is 0 Å². The van der Waals surface area contributed by atoms with E-state index in [1.807, 2.05) is 36.9 Å². The minimum Gasteiger partial charge on any atom is -0.320 e. The second-order valence-electron chi connectivity index (χ2n) is 11.1. The molecule has 0 spiro atoms. The summed E-state index contributed by atoms with van der Waals surface area (Å²) < 4.78 is 4.63. The van der Waals surface area contributed by atoms with Crippen LogP contribution in [0, 0.1) is 0 Å². The van der Waals surface area contributed by atoms with Gasteiger partial charge in [-0.1, -0.05) is 79.8 Å². The molecule has 0 aliphatic carbocycles. The summed E-state index contributed by atoms with van der Waals surface area (Å²) in [5.74, 6) is 0. The largest absolute Gasteiger partial charge is 0.320 e. The lowest BCUT2D eigenvalue weighted by Crippen LogP contribution is -1.99. The Morgan fingerprint density at radius 3 is 2.00 bits per heavy atom. The zero-order valence-corrected chi connectivity index (χ0v) is 24.9. The third-order valence-electron chi connectivity index (χ3n) is 8.35. The zero-order chi connectivity index (χ0) is 30.2. The zero-order valence-electron chi connectivity index (χ0n) is 24.9. The highest BCUT2D eigenvalue weighted by Gasteiger charge is 2.22. The van der Waals surface area contributed by atoms with Gasteiger partial charge in [-0.3, -0.25) is 9.97 Å². The van der Waals surface area contributed by atoms with E-state index in [0.717, 1.165) is 78.2 Å². The maximum Gasteiger partial charge on any atom is 0.166 e. The molecule has 5 aromatic heterocycles. The number of fused-ring (bicyclic) bond motifs is 7. The van der Waals surface area contributed by atoms with Crippen LogP contribution in [0.2, 0.25) is 0 Å². The summed E-state index contributed by atoms with van der Waals surface area (Å²) in [6, 6.07) is 31.9. The number of nitrogens with zero attached hydrogens (tertiary/aromatic N) is 6. The first-order chi connectivity index (χ1) is 22.3. The van der Waals surface area contributed by atoms with Crippen LogP contribution < -0.4 is 0 Å². The fourth-order valence-corrected chi connectivity index (χ4v) is 6.33. The summed E-state index contributed by atoms with van der Waals surface area (Å²) >= 11 is 0. The first kappa shape index (κ1) is 26.7. The Morgan fingerprint density at radius 2 is 1.31 bits per heavy atom. The number of allylic oxidation sites excluding steroid dienone is 4. The highest BCUT2D eigenvalue weighted by Crippen LogP contribution is 2.40. The van der Waals surface area contributed by atoms with E-state index in [0.29, 0.717) is 6.54 Å². The van der Waals surface area contributed by atoms with Crippen LogP contribution in [0.1, 0.15) is 13.3 Å². The molecule has 0 saturated carbocycles. The number of para-hydroxylation sites is 2. The molecular formula is C39H30N6. The van der Waals surface area contributed by atoms with E-state index in [1.54, 1.807) is 0 Å². The highest BCUT2D eigenvalue weighted by molar-refractivity contribution is 6.23. The third-order valence-corrected chi connectivity index (χ3v) is 8.35. The van der Waals surface area contributed by atoms with Gasteiger partial charge in [-0.2, -0.15) is 0 Å². The lowest BCUT2D eigenvalue weighted by atomic mass is 9.99. The summed E-state index contributed by atoms with van der Waals surface area (Å²) in [6.07, 6.45) is 17.0. The molecule has 6 heteroatoms. The Morgan fingerprint density at radius 1 is 0.644 bits per heavy atom. The first-order valence-electron chi connectivity index (χ1n) is 15.3. The van der Waals surface area contributed by atoms with Gasteiger partial charge in [0.05, 0.1) is 21.9 Å². The number of aromatic nitrogens is 6. The van der Waals surface area contributed by atoms with Gasteiger partial charge >= 0.3 is 0 Å². The fourth-order valence-electron chi connectivity index (χ4n) is 6.33. The maximum atomic E-state index is 4.91. The summed E-state index contributed by atoms with van der Waals surface area (Å²) in [5.41, 5.74) is 10.3. The van der Waals surface area contributed by atoms with Gasteiger partial charge in [-0.05, 0) is 60.0 Å². The van der Waals surface area contributed by atoms with Crippen LogP contribution in [0.15, 0.2) is 140 Å². The van der Waals surface area contributed by atoms with Gasteiger partial charge in [0.15, 0.2) is 5.65 Å². The quantitative estimate of drug-likeness (QED) is 0.176. The molecule has 0 amide bonds. The Bertz CT molecular complexity index is 2320. The normalized spacial score (nSPS) is 12.1. The number of benzene rings is 3. The maximum absolute atomic E-state index is 4.91. The minimum absolute atomic E-state index is 0.695. The molecule has 0 aliphatic rings. The molecule has 8 rings (SSSR count). The molecule has 0 unspecified atom stereocenters. The molecule has 3 aromatic carbocycles. The van der Waals surface area contributed by atoms with E-state index in [-0.39, 0.29) is 0 Å². The average Bonchev–Trinajstić information content (AvgIpc) is 3.61. The first-order valence-corrected chi connectivity index (χ1v) is 15.3. The van der Waals surface area contributed by atoms with Gasteiger partial charge in [0, 0.05) is 58.9 Å². The van der Waals surface area contributed by atoms with Crippen LogP contribution in [0.3, 0.4) is 0 Å². The summed E-state index contributed by atoms with van der Waals surface area (Å²) in [5, 5.41) is 13.1. The standard InChI is InChI=1S/C39H30N6/c1-2-3-4-5-10-21-44-34-17-8-6-15-32(34)36-38-37(42-43-39(36)44)33-16-7-9-18-35(33)45(38)31-23-29(27-13-11-19-40-25-27)22-30(24-31)28-14-12-20-41-26-28/h3-20,22-26H,2,21H2,1H3/b4-3-,10-5-. The van der Waals surface area contributed by atoms with Crippen molar-refractivity contribution in [2.75, 3.05) is 0 Å². The van der Waals surface area contributed by atoms with E-state index in [4.69, 9.17) is 10.2 Å². The van der Waals surface area contributed by atoms with Gasteiger partial charge in [0.1, 0.15) is 5.52 Å². The molecule has 0 aliphatic heterocycles. The van der Waals surface area contributed by atoms with E-state index in [2.05, 4.69) is 129 Å². The molecule has 8 aromatic rings. The van der Waals surface area contributed by atoms with Crippen molar-refractivity contribution in [3.8, 4) is 27.9 Å². The molecular weight excluding hydrogens is 552 g/mol. The van der Waals surface area contributed by atoms with Crippen molar-refractivity contribution in [1.82, 2.24) is 29.3 Å². The molecule has 0 saturated heterocycles. The van der Waals surface area contributed by atoms with Crippen LogP contribution in [0.4, 0.5) is 0 Å². The number of hydrogen-bond acceptors (Lipinski definition) is 4. The van der Waals surface area contributed by atoms with Crippen LogP contribution in [0.25, 0.3) is 71.8 Å². The monoisotopic (exact) mass is 582 g/mol. The van der Waals surface area contributed by atoms with Crippen molar-refractivity contribution in [2.24, 2.45) is 0 Å². The van der Waals surface area contributed by atoms with Crippen LogP contribution in [0.5, 0.6) is 0 Å². The molecule has 0 bridgehead atoms. The SMILES string of the molecule is CC/C=C\C=C/Cn1c2ccccc2c2c1nnc1c3ccccc3n(-c3cc(-c4cccnc4)cc(-c4cccnc4)c3)c12.